The lowest BCUT2D eigenvalue weighted by Gasteiger charge is -2.11. The van der Waals surface area contributed by atoms with Crippen LogP contribution in [0.25, 0.3) is 0 Å². The van der Waals surface area contributed by atoms with Crippen LogP contribution in [0.3, 0.4) is 0 Å². The molecule has 14 heavy (non-hydrogen) atoms. The van der Waals surface area contributed by atoms with E-state index >= 15 is 0 Å². The first kappa shape index (κ1) is 9.83. The summed E-state index contributed by atoms with van der Waals surface area (Å²) >= 11 is 1.64. The van der Waals surface area contributed by atoms with E-state index in [9.17, 15) is 5.11 Å². The van der Waals surface area contributed by atoms with Crippen molar-refractivity contribution in [3.8, 4) is 0 Å². The van der Waals surface area contributed by atoms with Crippen molar-refractivity contribution in [1.82, 2.24) is 0 Å². The maximum absolute atomic E-state index is 9.53. The van der Waals surface area contributed by atoms with Crippen molar-refractivity contribution >= 4 is 17.4 Å². The number of anilines is 1. The molecule has 0 bridgehead atoms. The molecule has 1 heterocycles. The van der Waals surface area contributed by atoms with Crippen LogP contribution in [-0.4, -0.2) is 29.7 Å². The van der Waals surface area contributed by atoms with Crippen molar-refractivity contribution in [2.45, 2.75) is 16.2 Å². The van der Waals surface area contributed by atoms with Gasteiger partial charge in [0.1, 0.15) is 0 Å². The summed E-state index contributed by atoms with van der Waals surface area (Å²) in [7, 11) is 0. The van der Waals surface area contributed by atoms with Crippen LogP contribution >= 0.6 is 11.8 Å². The molecule has 3 nitrogen and oxygen atoms in total. The highest BCUT2D eigenvalue weighted by Crippen LogP contribution is 2.29. The minimum Gasteiger partial charge on any atom is -0.399 e. The van der Waals surface area contributed by atoms with E-state index in [0.717, 1.165) is 10.6 Å². The third-order valence-electron chi connectivity index (χ3n) is 2.17. The quantitative estimate of drug-likeness (QED) is 0.720. The van der Waals surface area contributed by atoms with E-state index in [1.54, 1.807) is 11.8 Å². The monoisotopic (exact) mass is 211 g/mol. The van der Waals surface area contributed by atoms with Gasteiger partial charge < -0.3 is 15.6 Å². The van der Waals surface area contributed by atoms with Gasteiger partial charge in [-0.3, -0.25) is 0 Å². The number of ether oxygens (including phenoxy) is 1. The Labute approximate surface area is 87.3 Å². The third-order valence-corrected chi connectivity index (χ3v) is 3.46. The SMILES string of the molecule is Nc1ccc(SC2COCC2O)cc1. The number of nitrogen functional groups attached to an aromatic ring is 1. The predicted molar refractivity (Wildman–Crippen MR) is 57.3 cm³/mol. The van der Waals surface area contributed by atoms with Gasteiger partial charge in [-0.05, 0) is 24.3 Å². The molecule has 0 radical (unpaired) electrons. The average molecular weight is 211 g/mol. The molecule has 0 aromatic heterocycles. The highest BCUT2D eigenvalue weighted by molar-refractivity contribution is 8.00. The Morgan fingerprint density at radius 2 is 2.00 bits per heavy atom. The van der Waals surface area contributed by atoms with Gasteiger partial charge in [0.25, 0.3) is 0 Å². The number of nitrogens with two attached hydrogens (primary N) is 1. The fraction of sp³-hybridized carbons (Fsp3) is 0.400. The highest BCUT2D eigenvalue weighted by atomic mass is 32.2. The highest BCUT2D eigenvalue weighted by Gasteiger charge is 2.26. The van der Waals surface area contributed by atoms with Gasteiger partial charge in [-0.2, -0.15) is 0 Å². The average Bonchev–Trinajstić information content (AvgIpc) is 2.56. The Morgan fingerprint density at radius 1 is 1.29 bits per heavy atom. The molecule has 1 aliphatic rings. The van der Waals surface area contributed by atoms with E-state index in [-0.39, 0.29) is 11.4 Å². The number of aliphatic hydroxyl groups is 1. The molecule has 1 aromatic rings. The summed E-state index contributed by atoms with van der Waals surface area (Å²) in [5.74, 6) is 0. The number of rotatable bonds is 2. The van der Waals surface area contributed by atoms with Crippen LogP contribution < -0.4 is 5.73 Å². The summed E-state index contributed by atoms with van der Waals surface area (Å²) in [4.78, 5) is 1.12. The molecule has 1 aliphatic heterocycles. The maximum Gasteiger partial charge on any atom is 0.0917 e. The molecule has 2 unspecified atom stereocenters. The van der Waals surface area contributed by atoms with Gasteiger partial charge in [0.15, 0.2) is 0 Å². The van der Waals surface area contributed by atoms with Crippen LogP contribution in [-0.2, 0) is 4.74 Å². The van der Waals surface area contributed by atoms with Gasteiger partial charge in [-0.25, -0.2) is 0 Å². The van der Waals surface area contributed by atoms with E-state index in [1.165, 1.54) is 0 Å². The molecule has 76 valence electrons. The summed E-state index contributed by atoms with van der Waals surface area (Å²) in [6.45, 7) is 1.07. The zero-order valence-electron chi connectivity index (χ0n) is 7.72. The third kappa shape index (κ3) is 2.20. The van der Waals surface area contributed by atoms with Crippen LogP contribution in [0.15, 0.2) is 29.2 Å². The summed E-state index contributed by atoms with van der Waals surface area (Å²) in [5.41, 5.74) is 6.34. The van der Waals surface area contributed by atoms with Crippen LogP contribution in [0.2, 0.25) is 0 Å². The second-order valence-electron chi connectivity index (χ2n) is 3.33. The maximum atomic E-state index is 9.53. The van der Waals surface area contributed by atoms with Crippen molar-refractivity contribution in [2.75, 3.05) is 18.9 Å². The normalized spacial score (nSPS) is 26.6. The Hall–Kier alpha value is -0.710. The minimum absolute atomic E-state index is 0.152. The molecule has 0 amide bonds. The number of hydrogen-bond acceptors (Lipinski definition) is 4. The second kappa shape index (κ2) is 4.21. The first-order chi connectivity index (χ1) is 6.75. The van der Waals surface area contributed by atoms with E-state index in [1.807, 2.05) is 24.3 Å². The van der Waals surface area contributed by atoms with E-state index in [0.29, 0.717) is 13.2 Å². The summed E-state index contributed by atoms with van der Waals surface area (Å²) in [6, 6.07) is 7.66. The van der Waals surface area contributed by atoms with Gasteiger partial charge in [0.2, 0.25) is 0 Å². The van der Waals surface area contributed by atoms with E-state index < -0.39 is 0 Å². The zero-order chi connectivity index (χ0) is 9.97. The van der Waals surface area contributed by atoms with Crippen LogP contribution in [0.4, 0.5) is 5.69 Å². The molecular weight excluding hydrogens is 198 g/mol. The van der Waals surface area contributed by atoms with Crippen LogP contribution in [0, 0.1) is 0 Å². The van der Waals surface area contributed by atoms with Crippen molar-refractivity contribution in [3.63, 3.8) is 0 Å². The molecule has 1 aromatic carbocycles. The Balaban J connectivity index is 2.00. The molecule has 0 aliphatic carbocycles. The van der Waals surface area contributed by atoms with Crippen molar-refractivity contribution < 1.29 is 9.84 Å². The van der Waals surface area contributed by atoms with Crippen LogP contribution in [0.5, 0.6) is 0 Å². The number of hydrogen-bond donors (Lipinski definition) is 2. The molecule has 0 saturated carbocycles. The lowest BCUT2D eigenvalue weighted by atomic mass is 10.3. The molecule has 2 atom stereocenters. The first-order valence-corrected chi connectivity index (χ1v) is 5.41. The Bertz CT molecular complexity index is 301. The van der Waals surface area contributed by atoms with Gasteiger partial charge in [0.05, 0.1) is 24.6 Å². The molecule has 1 saturated heterocycles. The topological polar surface area (TPSA) is 55.5 Å². The van der Waals surface area contributed by atoms with Crippen LogP contribution in [0.1, 0.15) is 0 Å². The number of aliphatic hydroxyl groups excluding tert-OH is 1. The smallest absolute Gasteiger partial charge is 0.0917 e. The van der Waals surface area contributed by atoms with Crippen molar-refractivity contribution in [3.05, 3.63) is 24.3 Å². The molecular formula is C10H13NO2S. The minimum atomic E-state index is -0.349. The predicted octanol–water partition coefficient (Wildman–Crippen LogP) is 1.12. The van der Waals surface area contributed by atoms with Crippen molar-refractivity contribution in [2.24, 2.45) is 0 Å². The fourth-order valence-corrected chi connectivity index (χ4v) is 2.40. The number of thioether (sulfide) groups is 1. The second-order valence-corrected chi connectivity index (χ2v) is 4.64. The largest absolute Gasteiger partial charge is 0.399 e. The Morgan fingerprint density at radius 3 is 2.57 bits per heavy atom. The van der Waals surface area contributed by atoms with Gasteiger partial charge in [0, 0.05) is 10.6 Å². The standard InChI is InChI=1S/C10H13NO2S/c11-7-1-3-8(4-2-7)14-10-6-13-5-9(10)12/h1-4,9-10,12H,5-6,11H2. The van der Waals surface area contributed by atoms with Gasteiger partial charge >= 0.3 is 0 Å². The number of benzene rings is 1. The fourth-order valence-electron chi connectivity index (χ4n) is 1.36. The summed E-state index contributed by atoms with van der Waals surface area (Å²) in [5, 5.41) is 9.69. The molecule has 3 N–H and O–H groups in total. The van der Waals surface area contributed by atoms with Crippen molar-refractivity contribution in [1.29, 1.82) is 0 Å². The molecule has 1 fully saturated rings. The Kier molecular flexibility index (Phi) is 2.96. The van der Waals surface area contributed by atoms with E-state index in [4.69, 9.17) is 10.5 Å². The lowest BCUT2D eigenvalue weighted by molar-refractivity contribution is 0.127. The van der Waals surface area contributed by atoms with Gasteiger partial charge in [-0.15, -0.1) is 11.8 Å². The zero-order valence-corrected chi connectivity index (χ0v) is 8.54. The molecule has 0 spiro atoms. The van der Waals surface area contributed by atoms with E-state index in [2.05, 4.69) is 0 Å². The molecule has 2 rings (SSSR count). The summed E-state index contributed by atoms with van der Waals surface area (Å²) < 4.78 is 5.17. The van der Waals surface area contributed by atoms with Gasteiger partial charge in [-0.1, -0.05) is 0 Å². The summed E-state index contributed by atoms with van der Waals surface area (Å²) in [6.07, 6.45) is -0.349. The first-order valence-electron chi connectivity index (χ1n) is 4.54. The lowest BCUT2D eigenvalue weighted by Crippen LogP contribution is -2.19. The molecule has 4 heteroatoms.